The van der Waals surface area contributed by atoms with Crippen LogP contribution in [0.15, 0.2) is 24.3 Å². The van der Waals surface area contributed by atoms with Gasteiger partial charge in [0.1, 0.15) is 6.54 Å². The van der Waals surface area contributed by atoms with Gasteiger partial charge in [-0.15, -0.1) is 11.8 Å². The first-order valence-electron chi connectivity index (χ1n) is 6.86. The summed E-state index contributed by atoms with van der Waals surface area (Å²) in [5.41, 5.74) is 0.799. The number of carboxylic acid groups (broad SMARTS) is 1. The first-order chi connectivity index (χ1) is 10.3. The molecule has 0 aliphatic carbocycles. The van der Waals surface area contributed by atoms with E-state index in [9.17, 15) is 14.4 Å². The van der Waals surface area contributed by atoms with Crippen molar-refractivity contribution < 1.29 is 19.5 Å². The molecule has 0 saturated heterocycles. The van der Waals surface area contributed by atoms with E-state index < -0.39 is 18.4 Å². The van der Waals surface area contributed by atoms with Crippen molar-refractivity contribution in [3.8, 4) is 0 Å². The summed E-state index contributed by atoms with van der Waals surface area (Å²) < 4.78 is 0. The van der Waals surface area contributed by atoms with Gasteiger partial charge in [-0.3, -0.25) is 14.4 Å². The molecule has 2 amide bonds. The maximum Gasteiger partial charge on any atom is 0.322 e. The number of benzene rings is 1. The Morgan fingerprint density at radius 3 is 2.50 bits per heavy atom. The van der Waals surface area contributed by atoms with E-state index in [1.54, 1.807) is 30.0 Å². The SMILES string of the molecule is CC(C)S[C@H](C)C(=O)Nc1cccc(C(=O)NCC(=O)O)c1. The van der Waals surface area contributed by atoms with E-state index in [2.05, 4.69) is 10.6 Å². The molecular weight excluding hydrogens is 304 g/mol. The third-order valence-electron chi connectivity index (χ3n) is 2.64. The van der Waals surface area contributed by atoms with Crippen LogP contribution in [0.1, 0.15) is 31.1 Å². The summed E-state index contributed by atoms with van der Waals surface area (Å²) in [6.07, 6.45) is 0. The summed E-state index contributed by atoms with van der Waals surface area (Å²) in [6.45, 7) is 5.41. The number of nitrogens with one attached hydrogen (secondary N) is 2. The minimum Gasteiger partial charge on any atom is -0.480 e. The lowest BCUT2D eigenvalue weighted by Gasteiger charge is -2.14. The average molecular weight is 324 g/mol. The first kappa shape index (κ1) is 18.0. The Hall–Kier alpha value is -2.02. The zero-order valence-corrected chi connectivity index (χ0v) is 13.6. The van der Waals surface area contributed by atoms with Gasteiger partial charge in [0.2, 0.25) is 5.91 Å². The molecule has 1 aromatic carbocycles. The summed E-state index contributed by atoms with van der Waals surface area (Å²) in [7, 11) is 0. The van der Waals surface area contributed by atoms with E-state index in [1.807, 2.05) is 20.8 Å². The van der Waals surface area contributed by atoms with Crippen molar-refractivity contribution in [2.75, 3.05) is 11.9 Å². The summed E-state index contributed by atoms with van der Waals surface area (Å²) in [5, 5.41) is 13.7. The molecule has 1 aromatic rings. The number of carboxylic acids is 1. The second kappa shape index (κ2) is 8.43. The van der Waals surface area contributed by atoms with Crippen LogP contribution in [0.2, 0.25) is 0 Å². The maximum atomic E-state index is 12.0. The normalized spacial score (nSPS) is 11.8. The number of carbonyl (C=O) groups excluding carboxylic acids is 2. The van der Waals surface area contributed by atoms with Crippen molar-refractivity contribution >= 4 is 35.2 Å². The number of anilines is 1. The Morgan fingerprint density at radius 2 is 1.91 bits per heavy atom. The van der Waals surface area contributed by atoms with Crippen molar-refractivity contribution in [3.05, 3.63) is 29.8 Å². The molecule has 0 radical (unpaired) electrons. The summed E-state index contributed by atoms with van der Waals surface area (Å²) in [6, 6.07) is 6.38. The number of rotatable bonds is 7. The molecule has 0 aliphatic heterocycles. The zero-order chi connectivity index (χ0) is 16.7. The maximum absolute atomic E-state index is 12.0. The Balaban J connectivity index is 2.69. The smallest absolute Gasteiger partial charge is 0.322 e. The van der Waals surface area contributed by atoms with Crippen LogP contribution in [-0.4, -0.2) is 39.9 Å². The second-order valence-corrected chi connectivity index (χ2v) is 6.90. The van der Waals surface area contributed by atoms with E-state index in [0.29, 0.717) is 16.5 Å². The lowest BCUT2D eigenvalue weighted by atomic mass is 10.2. The highest BCUT2D eigenvalue weighted by atomic mass is 32.2. The quantitative estimate of drug-likeness (QED) is 0.713. The second-order valence-electron chi connectivity index (χ2n) is 4.97. The first-order valence-corrected chi connectivity index (χ1v) is 7.80. The Labute approximate surface area is 133 Å². The number of carbonyl (C=O) groups is 3. The molecular formula is C15H20N2O4S. The molecule has 0 bridgehead atoms. The summed E-state index contributed by atoms with van der Waals surface area (Å²) in [5.74, 6) is -1.75. The van der Waals surface area contributed by atoms with Gasteiger partial charge in [-0.1, -0.05) is 19.9 Å². The summed E-state index contributed by atoms with van der Waals surface area (Å²) >= 11 is 1.55. The van der Waals surface area contributed by atoms with E-state index >= 15 is 0 Å². The predicted octanol–water partition coefficient (Wildman–Crippen LogP) is 1.97. The van der Waals surface area contributed by atoms with Crippen LogP contribution in [0.25, 0.3) is 0 Å². The third-order valence-corrected chi connectivity index (χ3v) is 3.80. The lowest BCUT2D eigenvalue weighted by Crippen LogP contribution is -2.29. The minimum absolute atomic E-state index is 0.137. The number of hydrogen-bond acceptors (Lipinski definition) is 4. The van der Waals surface area contributed by atoms with Gasteiger partial charge in [0.15, 0.2) is 0 Å². The fraction of sp³-hybridized carbons (Fsp3) is 0.400. The van der Waals surface area contributed by atoms with Crippen molar-refractivity contribution in [2.45, 2.75) is 31.3 Å². The molecule has 120 valence electrons. The fourth-order valence-corrected chi connectivity index (χ4v) is 2.71. The molecule has 1 rings (SSSR count). The molecule has 0 aromatic heterocycles. The third kappa shape index (κ3) is 6.17. The van der Waals surface area contributed by atoms with Gasteiger partial charge in [-0.05, 0) is 30.4 Å². The molecule has 0 unspecified atom stereocenters. The van der Waals surface area contributed by atoms with Gasteiger partial charge in [-0.2, -0.15) is 0 Å². The Bertz CT molecular complexity index is 560. The highest BCUT2D eigenvalue weighted by Gasteiger charge is 2.15. The highest BCUT2D eigenvalue weighted by Crippen LogP contribution is 2.19. The minimum atomic E-state index is -1.11. The molecule has 0 saturated carbocycles. The van der Waals surface area contributed by atoms with Crippen LogP contribution >= 0.6 is 11.8 Å². The van der Waals surface area contributed by atoms with Gasteiger partial charge >= 0.3 is 5.97 Å². The van der Waals surface area contributed by atoms with Crippen molar-refractivity contribution in [3.63, 3.8) is 0 Å². The van der Waals surface area contributed by atoms with Gasteiger partial charge in [-0.25, -0.2) is 0 Å². The molecule has 0 fully saturated rings. The van der Waals surface area contributed by atoms with E-state index in [0.717, 1.165) is 0 Å². The van der Waals surface area contributed by atoms with E-state index in [-0.39, 0.29) is 11.2 Å². The van der Waals surface area contributed by atoms with Crippen LogP contribution in [-0.2, 0) is 9.59 Å². The molecule has 22 heavy (non-hydrogen) atoms. The van der Waals surface area contributed by atoms with Crippen molar-refractivity contribution in [2.24, 2.45) is 0 Å². The number of thioether (sulfide) groups is 1. The molecule has 0 aliphatic rings. The van der Waals surface area contributed by atoms with E-state index in [4.69, 9.17) is 5.11 Å². The van der Waals surface area contributed by atoms with Crippen LogP contribution in [0.3, 0.4) is 0 Å². The highest BCUT2D eigenvalue weighted by molar-refractivity contribution is 8.01. The van der Waals surface area contributed by atoms with Gasteiger partial charge in [0, 0.05) is 11.3 Å². The standard InChI is InChI=1S/C15H20N2O4S/c1-9(2)22-10(3)14(20)17-12-6-4-5-11(7-12)15(21)16-8-13(18)19/h4-7,9-10H,8H2,1-3H3,(H,16,21)(H,17,20)(H,18,19)/t10-/m1/s1. The zero-order valence-electron chi connectivity index (χ0n) is 12.8. The number of aliphatic carboxylic acids is 1. The van der Waals surface area contributed by atoms with Crippen molar-refractivity contribution in [1.29, 1.82) is 0 Å². The monoisotopic (exact) mass is 324 g/mol. The largest absolute Gasteiger partial charge is 0.480 e. The molecule has 3 N–H and O–H groups in total. The molecule has 7 heteroatoms. The Kier molecular flexibility index (Phi) is 6.91. The topological polar surface area (TPSA) is 95.5 Å². The predicted molar refractivity (Wildman–Crippen MR) is 87.2 cm³/mol. The summed E-state index contributed by atoms with van der Waals surface area (Å²) in [4.78, 5) is 34.2. The van der Waals surface area contributed by atoms with Crippen LogP contribution in [0.4, 0.5) is 5.69 Å². The van der Waals surface area contributed by atoms with Gasteiger partial charge in [0.05, 0.1) is 5.25 Å². The fourth-order valence-electron chi connectivity index (χ4n) is 1.71. The van der Waals surface area contributed by atoms with Gasteiger partial charge in [0.25, 0.3) is 5.91 Å². The average Bonchev–Trinajstić information content (AvgIpc) is 2.44. The molecule has 1 atom stereocenters. The molecule has 0 heterocycles. The number of amides is 2. The Morgan fingerprint density at radius 1 is 1.23 bits per heavy atom. The number of hydrogen-bond donors (Lipinski definition) is 3. The van der Waals surface area contributed by atoms with Gasteiger partial charge < -0.3 is 15.7 Å². The van der Waals surface area contributed by atoms with E-state index in [1.165, 1.54) is 6.07 Å². The molecule has 0 spiro atoms. The lowest BCUT2D eigenvalue weighted by molar-refractivity contribution is -0.135. The van der Waals surface area contributed by atoms with Crippen LogP contribution in [0.5, 0.6) is 0 Å². The molecule has 6 nitrogen and oxygen atoms in total. The van der Waals surface area contributed by atoms with Crippen molar-refractivity contribution in [1.82, 2.24) is 5.32 Å². The van der Waals surface area contributed by atoms with Crippen LogP contribution in [0, 0.1) is 0 Å². The van der Waals surface area contributed by atoms with Crippen LogP contribution < -0.4 is 10.6 Å².